The molecule has 0 bridgehead atoms. The van der Waals surface area contributed by atoms with Gasteiger partial charge in [-0.25, -0.2) is 0 Å². The summed E-state index contributed by atoms with van der Waals surface area (Å²) < 4.78 is 30.2. The highest BCUT2D eigenvalue weighted by molar-refractivity contribution is 7.90. The van der Waals surface area contributed by atoms with E-state index < -0.39 is 22.2 Å². The Morgan fingerprint density at radius 1 is 1.00 bits per heavy atom. The highest BCUT2D eigenvalue weighted by Crippen LogP contribution is 2.15. The fourth-order valence-electron chi connectivity index (χ4n) is 3.44. The van der Waals surface area contributed by atoms with Gasteiger partial charge in [-0.2, -0.15) is 13.1 Å². The molecule has 0 aliphatic rings. The molecule has 1 aromatic carbocycles. The lowest BCUT2D eigenvalue weighted by Gasteiger charge is -2.29. The van der Waals surface area contributed by atoms with E-state index in [9.17, 15) is 18.3 Å². The fourth-order valence-corrected chi connectivity index (χ4v) is 4.54. The minimum atomic E-state index is -3.90. The molecule has 1 atom stereocenters. The summed E-state index contributed by atoms with van der Waals surface area (Å²) in [5, 5.41) is 11.0. The van der Waals surface area contributed by atoms with E-state index in [-0.39, 0.29) is 6.42 Å². The summed E-state index contributed by atoms with van der Waals surface area (Å²) in [5.74, 6) is -1.29. The molecule has 0 aromatic heterocycles. The van der Waals surface area contributed by atoms with Crippen LogP contribution in [0, 0.1) is 0 Å². The van der Waals surface area contributed by atoms with Gasteiger partial charge >= 0.3 is 0 Å². The van der Waals surface area contributed by atoms with Crippen molar-refractivity contribution < 1.29 is 22.8 Å². The summed E-state index contributed by atoms with van der Waals surface area (Å²) in [6.45, 7) is 2.54. The quantitative estimate of drug-likeness (QED) is 0.304. The van der Waals surface area contributed by atoms with Crippen molar-refractivity contribution in [2.75, 3.05) is 32.4 Å². The van der Waals surface area contributed by atoms with E-state index in [1.807, 2.05) is 33.3 Å². The molecule has 2 N–H and O–H groups in total. The lowest BCUT2D eigenvalue weighted by atomic mass is 10.0. The Bertz CT molecular complexity index is 728. The monoisotopic (exact) mass is 441 g/mol. The van der Waals surface area contributed by atoms with Crippen molar-refractivity contribution in [3.05, 3.63) is 29.8 Å². The molecule has 0 aliphatic heterocycles. The van der Waals surface area contributed by atoms with Gasteiger partial charge in [-0.15, -0.1) is 0 Å². The van der Waals surface area contributed by atoms with Gasteiger partial charge in [-0.1, -0.05) is 57.6 Å². The first-order chi connectivity index (χ1) is 14.0. The molecule has 0 saturated heterocycles. The van der Waals surface area contributed by atoms with Crippen LogP contribution in [0.15, 0.2) is 24.3 Å². The topological polar surface area (TPSA) is 98.3 Å². The minimum absolute atomic E-state index is 0.326. The van der Waals surface area contributed by atoms with Gasteiger partial charge in [0.15, 0.2) is 0 Å². The van der Waals surface area contributed by atoms with Gasteiger partial charge in [-0.05, 0) is 30.5 Å². The summed E-state index contributed by atoms with van der Waals surface area (Å²) in [5.41, 5.74) is 1.63. The number of carbonyl (C=O) groups is 1. The number of aliphatic carboxylic acids is 1. The molecule has 0 heterocycles. The highest BCUT2D eigenvalue weighted by atomic mass is 32.2. The van der Waals surface area contributed by atoms with Crippen LogP contribution in [-0.2, 0) is 21.4 Å². The first kappa shape index (κ1) is 26.4. The number of aryl methyl sites for hydroxylation is 1. The van der Waals surface area contributed by atoms with E-state index in [1.165, 1.54) is 44.1 Å². The van der Waals surface area contributed by atoms with Crippen molar-refractivity contribution >= 4 is 21.9 Å². The van der Waals surface area contributed by atoms with Gasteiger partial charge in [0.05, 0.1) is 33.7 Å². The van der Waals surface area contributed by atoms with Crippen molar-refractivity contribution in [1.29, 1.82) is 0 Å². The molecule has 1 rings (SSSR count). The molecule has 172 valence electrons. The summed E-state index contributed by atoms with van der Waals surface area (Å²) >= 11 is 0. The molecule has 0 spiro atoms. The summed E-state index contributed by atoms with van der Waals surface area (Å²) in [4.78, 5) is 11.0. The minimum Gasteiger partial charge on any atom is -0.550 e. The Kier molecular flexibility index (Phi) is 11.4. The van der Waals surface area contributed by atoms with Gasteiger partial charge in [0.1, 0.15) is 0 Å². The predicted octanol–water partition coefficient (Wildman–Crippen LogP) is 2.44. The van der Waals surface area contributed by atoms with Crippen LogP contribution in [0.1, 0.15) is 63.9 Å². The second kappa shape index (κ2) is 12.9. The van der Waals surface area contributed by atoms with E-state index in [2.05, 4.69) is 16.4 Å². The number of likely N-dealkylation sites (N-methyl/N-ethyl adjacent to an activating group) is 1. The summed E-state index contributed by atoms with van der Waals surface area (Å²) in [6, 6.07) is 6.58. The Morgan fingerprint density at radius 2 is 1.57 bits per heavy atom. The second-order valence-electron chi connectivity index (χ2n) is 9.04. The summed E-state index contributed by atoms with van der Waals surface area (Å²) in [6.07, 6.45) is 9.41. The van der Waals surface area contributed by atoms with E-state index >= 15 is 0 Å². The number of unbranched alkanes of at least 4 members (excludes halogenated alkanes) is 6. The largest absolute Gasteiger partial charge is 0.550 e. The number of anilines is 1. The molecule has 0 amide bonds. The Balaban J connectivity index is 2.53. The number of nitrogens with zero attached hydrogens (tertiary/aromatic N) is 1. The normalized spacial score (nSPS) is 13.2. The van der Waals surface area contributed by atoms with Crippen LogP contribution in [0.2, 0.25) is 0 Å². The van der Waals surface area contributed by atoms with Crippen LogP contribution in [0.25, 0.3) is 0 Å². The number of carboxylic acids is 1. The number of hydrogen-bond acceptors (Lipinski definition) is 4. The number of hydrogen-bond donors (Lipinski definition) is 2. The molecular weight excluding hydrogens is 402 g/mol. The second-order valence-corrected chi connectivity index (χ2v) is 10.5. The van der Waals surface area contributed by atoms with E-state index in [1.54, 1.807) is 12.1 Å². The highest BCUT2D eigenvalue weighted by Gasteiger charge is 2.23. The van der Waals surface area contributed by atoms with E-state index in [0.29, 0.717) is 16.7 Å². The third-order valence-electron chi connectivity index (χ3n) is 4.78. The molecule has 1 aromatic rings. The predicted molar refractivity (Wildman–Crippen MR) is 120 cm³/mol. The maximum atomic E-state index is 12.4. The average Bonchev–Trinajstić information content (AvgIpc) is 2.59. The number of nitrogens with one attached hydrogen (secondary N) is 2. The standard InChI is InChI=1S/C22H39N3O4S/c1-5-6-7-8-9-10-11-12-19-13-15-20(16-14-19)23-30(28,29)24-21(17-22(26)27)18-25(2,3)4/h13-16,21,23-24H,5-12,17-18H2,1-4H3/t21-/m1/s1. The molecule has 8 heteroatoms. The van der Waals surface area contributed by atoms with Gasteiger partial charge in [0.25, 0.3) is 10.2 Å². The molecule has 0 radical (unpaired) electrons. The number of benzene rings is 1. The van der Waals surface area contributed by atoms with Crippen molar-refractivity contribution in [3.63, 3.8) is 0 Å². The summed E-state index contributed by atoms with van der Waals surface area (Å²) in [7, 11) is 1.71. The van der Waals surface area contributed by atoms with Crippen LogP contribution >= 0.6 is 0 Å². The van der Waals surface area contributed by atoms with Crippen molar-refractivity contribution in [2.24, 2.45) is 0 Å². The maximum absolute atomic E-state index is 12.4. The number of carboxylic acid groups (broad SMARTS) is 1. The van der Waals surface area contributed by atoms with Crippen molar-refractivity contribution in [3.8, 4) is 0 Å². The van der Waals surface area contributed by atoms with Gasteiger partial charge in [-0.3, -0.25) is 4.72 Å². The molecule has 0 unspecified atom stereocenters. The van der Waals surface area contributed by atoms with Crippen LogP contribution in [0.4, 0.5) is 5.69 Å². The number of rotatable bonds is 16. The van der Waals surface area contributed by atoms with Gasteiger partial charge < -0.3 is 14.4 Å². The molecular formula is C22H39N3O4S. The zero-order chi connectivity index (χ0) is 22.6. The smallest absolute Gasteiger partial charge is 0.299 e. The number of carbonyl (C=O) groups excluding carboxylic acids is 1. The molecule has 0 fully saturated rings. The lowest BCUT2D eigenvalue weighted by molar-refractivity contribution is -0.871. The van der Waals surface area contributed by atoms with Gasteiger partial charge in [0, 0.05) is 18.1 Å². The van der Waals surface area contributed by atoms with Crippen LogP contribution < -0.4 is 14.6 Å². The van der Waals surface area contributed by atoms with Crippen molar-refractivity contribution in [2.45, 2.75) is 70.8 Å². The van der Waals surface area contributed by atoms with Crippen LogP contribution in [0.3, 0.4) is 0 Å². The van der Waals surface area contributed by atoms with Gasteiger partial charge in [0.2, 0.25) is 0 Å². The lowest BCUT2D eigenvalue weighted by Crippen LogP contribution is -2.51. The Morgan fingerprint density at radius 3 is 2.10 bits per heavy atom. The SMILES string of the molecule is CCCCCCCCCc1ccc(NS(=O)(=O)N[C@H](CC(=O)[O-])C[N+](C)(C)C)cc1. The van der Waals surface area contributed by atoms with Crippen LogP contribution in [-0.4, -0.2) is 52.6 Å². The third-order valence-corrected chi connectivity index (χ3v) is 5.93. The first-order valence-corrected chi connectivity index (χ1v) is 12.4. The average molecular weight is 442 g/mol. The molecule has 0 aliphatic carbocycles. The van der Waals surface area contributed by atoms with Crippen molar-refractivity contribution in [1.82, 2.24) is 4.72 Å². The van der Waals surface area contributed by atoms with E-state index in [4.69, 9.17) is 0 Å². The Hall–Kier alpha value is -1.64. The van der Waals surface area contributed by atoms with Crippen LogP contribution in [0.5, 0.6) is 0 Å². The first-order valence-electron chi connectivity index (χ1n) is 10.9. The third kappa shape index (κ3) is 12.8. The molecule has 30 heavy (non-hydrogen) atoms. The zero-order valence-electron chi connectivity index (χ0n) is 18.9. The fraction of sp³-hybridized carbons (Fsp3) is 0.682. The maximum Gasteiger partial charge on any atom is 0.299 e. The van der Waals surface area contributed by atoms with E-state index in [0.717, 1.165) is 12.8 Å². The molecule has 7 nitrogen and oxygen atoms in total. The molecule has 0 saturated carbocycles. The Labute approximate surface area is 182 Å². The number of quaternary nitrogens is 1. The zero-order valence-corrected chi connectivity index (χ0v) is 19.8.